The first-order valence-corrected chi connectivity index (χ1v) is 10.5. The van der Waals surface area contributed by atoms with Crippen molar-refractivity contribution in [2.45, 2.75) is 12.6 Å². The molecule has 33 heavy (non-hydrogen) atoms. The van der Waals surface area contributed by atoms with Crippen molar-refractivity contribution in [3.63, 3.8) is 0 Å². The van der Waals surface area contributed by atoms with Crippen LogP contribution in [0, 0.1) is 5.82 Å². The van der Waals surface area contributed by atoms with Gasteiger partial charge in [0.1, 0.15) is 10.6 Å². The molecule has 0 spiro atoms. The molecule has 1 aromatic carbocycles. The van der Waals surface area contributed by atoms with E-state index in [0.29, 0.717) is 22.5 Å². The molecule has 0 radical (unpaired) electrons. The molecule has 1 amide bonds. The molecule has 0 atom stereocenters. The van der Waals surface area contributed by atoms with Crippen molar-refractivity contribution < 1.29 is 22.4 Å². The zero-order valence-corrected chi connectivity index (χ0v) is 18.8. The number of nitrogens with one attached hydrogen (secondary N) is 1. The quantitative estimate of drug-likeness (QED) is 0.244. The fourth-order valence-electron chi connectivity index (χ4n) is 3.04. The highest BCUT2D eigenvalue weighted by Gasteiger charge is 2.34. The van der Waals surface area contributed by atoms with E-state index >= 15 is 0 Å². The maximum Gasteiger partial charge on any atom is 0.419 e. The zero-order chi connectivity index (χ0) is 24.5. The minimum atomic E-state index is -4.89. The van der Waals surface area contributed by atoms with Gasteiger partial charge in [-0.15, -0.1) is 24.0 Å². The molecule has 3 aromatic rings. The van der Waals surface area contributed by atoms with Gasteiger partial charge in [-0.1, -0.05) is 0 Å². The third-order valence-corrected chi connectivity index (χ3v) is 6.06. The van der Waals surface area contributed by atoms with Crippen LogP contribution in [0.25, 0.3) is 15.9 Å². The normalized spacial score (nSPS) is 12.6. The highest BCUT2D eigenvalue weighted by Crippen LogP contribution is 2.33. The number of carbonyl (C=O) groups is 1. The van der Waals surface area contributed by atoms with E-state index in [0.717, 1.165) is 33.7 Å². The lowest BCUT2D eigenvalue weighted by atomic mass is 10.1. The van der Waals surface area contributed by atoms with Crippen LogP contribution < -0.4 is 16.6 Å². The maximum atomic E-state index is 13.5. The molecule has 0 bridgehead atoms. The van der Waals surface area contributed by atoms with E-state index in [2.05, 4.69) is 22.9 Å². The van der Waals surface area contributed by atoms with Crippen LogP contribution in [-0.2, 0) is 31.5 Å². The van der Waals surface area contributed by atoms with Crippen molar-refractivity contribution in [2.75, 3.05) is 0 Å². The summed E-state index contributed by atoms with van der Waals surface area (Å²) in [6.07, 6.45) is -4.12. The first-order chi connectivity index (χ1) is 15.5. The number of thiophene rings is 1. The van der Waals surface area contributed by atoms with Crippen LogP contribution in [0.4, 0.5) is 17.6 Å². The molecule has 2 aromatic heterocycles. The molecule has 0 aliphatic carbocycles. The number of fused-ring (bicyclic) bond motifs is 1. The Bertz CT molecular complexity index is 1420. The highest BCUT2D eigenvalue weighted by atomic mass is 32.1. The minimum Gasteiger partial charge on any atom is -0.317 e. The molecule has 1 N–H and O–H groups in total. The van der Waals surface area contributed by atoms with E-state index in [1.54, 1.807) is 5.38 Å². The molecule has 0 saturated carbocycles. The topological polar surface area (TPSA) is 85.5 Å². The van der Waals surface area contributed by atoms with Crippen molar-refractivity contribution in [1.82, 2.24) is 14.5 Å². The first kappa shape index (κ1) is 24.5. The fourth-order valence-corrected chi connectivity index (χ4v) is 4.28. The number of aryl methyl sites for hydroxylation is 1. The Kier molecular flexibility index (Phi) is 6.93. The summed E-state index contributed by atoms with van der Waals surface area (Å²) in [5.41, 5.74) is -2.16. The maximum absolute atomic E-state index is 13.5. The number of carbonyl (C=O) groups excluding carboxylic acids is 1. The van der Waals surface area contributed by atoms with Gasteiger partial charge in [0.15, 0.2) is 0 Å². The van der Waals surface area contributed by atoms with E-state index in [1.807, 2.05) is 0 Å². The van der Waals surface area contributed by atoms with E-state index < -0.39 is 34.7 Å². The average Bonchev–Trinajstić information content (AvgIpc) is 3.17. The standard InChI is InChI=1S/C20H16F4N4O3S2/c1-27-17(30)16-11(8-33-18(16)28(2)19(27)31)6-15(29)26-9-25-14(7-32)10-3-4-13(21)12(5-10)20(22,23)24/h3-5,7-9,32H,6H2,1-2H3,(H,25,26,29). The van der Waals surface area contributed by atoms with Gasteiger partial charge in [0.25, 0.3) is 5.56 Å². The second-order valence-electron chi connectivity index (χ2n) is 6.86. The number of amides is 1. The van der Waals surface area contributed by atoms with Gasteiger partial charge in [-0.3, -0.25) is 18.7 Å². The van der Waals surface area contributed by atoms with Crippen LogP contribution in [0.5, 0.6) is 0 Å². The molecule has 0 saturated heterocycles. The van der Waals surface area contributed by atoms with Gasteiger partial charge in [-0.2, -0.15) is 13.2 Å². The van der Waals surface area contributed by atoms with Crippen LogP contribution >= 0.6 is 24.0 Å². The van der Waals surface area contributed by atoms with Crippen molar-refractivity contribution in [3.8, 4) is 0 Å². The van der Waals surface area contributed by atoms with Crippen molar-refractivity contribution in [3.05, 3.63) is 72.3 Å². The van der Waals surface area contributed by atoms with Crippen LogP contribution in [-0.4, -0.2) is 21.4 Å². The van der Waals surface area contributed by atoms with Crippen LogP contribution in [0.3, 0.4) is 0 Å². The van der Waals surface area contributed by atoms with Gasteiger partial charge in [0.05, 0.1) is 29.4 Å². The number of nitrogens with zero attached hydrogens (tertiary/aromatic N) is 3. The second-order valence-corrected chi connectivity index (χ2v) is 7.97. The molecular formula is C20H16F4N4O3S2. The molecule has 0 aliphatic heterocycles. The van der Waals surface area contributed by atoms with Gasteiger partial charge >= 0.3 is 11.9 Å². The summed E-state index contributed by atoms with van der Waals surface area (Å²) in [6.45, 7) is 0. The van der Waals surface area contributed by atoms with Crippen LogP contribution in [0.2, 0.25) is 0 Å². The predicted molar refractivity (Wildman–Crippen MR) is 121 cm³/mol. The van der Waals surface area contributed by atoms with E-state index in [4.69, 9.17) is 0 Å². The van der Waals surface area contributed by atoms with Crippen molar-refractivity contribution >= 4 is 52.1 Å². The summed E-state index contributed by atoms with van der Waals surface area (Å²) < 4.78 is 54.5. The summed E-state index contributed by atoms with van der Waals surface area (Å²) in [6, 6.07) is 2.36. The Labute approximate surface area is 193 Å². The summed E-state index contributed by atoms with van der Waals surface area (Å²) in [7, 11) is 2.85. The molecular weight excluding hydrogens is 484 g/mol. The van der Waals surface area contributed by atoms with Gasteiger partial charge in [-0.25, -0.2) is 14.2 Å². The fraction of sp³-hybridized carbons (Fsp3) is 0.200. The van der Waals surface area contributed by atoms with Crippen LogP contribution in [0.15, 0.2) is 43.6 Å². The number of aromatic nitrogens is 2. The smallest absolute Gasteiger partial charge is 0.317 e. The number of hydrogen-bond acceptors (Lipinski definition) is 6. The second kappa shape index (κ2) is 9.35. The Morgan fingerprint density at radius 3 is 2.58 bits per heavy atom. The van der Waals surface area contributed by atoms with Gasteiger partial charge in [0.2, 0.25) is 5.91 Å². The summed E-state index contributed by atoms with van der Waals surface area (Å²) >= 11 is 5.06. The largest absolute Gasteiger partial charge is 0.419 e. The first-order valence-electron chi connectivity index (χ1n) is 9.15. The Balaban J connectivity index is 1.78. The van der Waals surface area contributed by atoms with Crippen molar-refractivity contribution in [2.24, 2.45) is 19.1 Å². The molecule has 0 fully saturated rings. The van der Waals surface area contributed by atoms with Gasteiger partial charge in [0, 0.05) is 19.7 Å². The molecule has 2 heterocycles. The molecule has 0 aliphatic rings. The highest BCUT2D eigenvalue weighted by molar-refractivity contribution is 7.83. The Morgan fingerprint density at radius 2 is 1.94 bits per heavy atom. The molecule has 13 heteroatoms. The minimum absolute atomic E-state index is 0.0472. The summed E-state index contributed by atoms with van der Waals surface area (Å²) in [4.78, 5) is 41.1. The molecule has 7 nitrogen and oxygen atoms in total. The average molecular weight is 500 g/mol. The number of alkyl halides is 3. The monoisotopic (exact) mass is 500 g/mol. The lowest BCUT2D eigenvalue weighted by molar-refractivity contribution is -0.140. The van der Waals surface area contributed by atoms with E-state index in [9.17, 15) is 31.9 Å². The Morgan fingerprint density at radius 1 is 1.24 bits per heavy atom. The number of halogens is 4. The van der Waals surface area contributed by atoms with Crippen molar-refractivity contribution in [1.29, 1.82) is 0 Å². The lowest BCUT2D eigenvalue weighted by Crippen LogP contribution is -2.36. The molecule has 3 rings (SSSR count). The number of aliphatic imine (C=N–C) groups is 1. The zero-order valence-electron chi connectivity index (χ0n) is 17.1. The summed E-state index contributed by atoms with van der Waals surface area (Å²) in [5.74, 6) is -1.98. The number of rotatable bonds is 5. The van der Waals surface area contributed by atoms with Crippen LogP contribution in [0.1, 0.15) is 16.7 Å². The SMILES string of the molecule is Cn1c(=O)c2c(CC(=O)NC=NC(=CS)c3ccc(F)c(C(F)(F)F)c3)csc2n(C)c1=O. The Hall–Kier alpha value is -3.19. The summed E-state index contributed by atoms with van der Waals surface area (Å²) in [5, 5.41) is 5.31. The third-order valence-electron chi connectivity index (χ3n) is 4.71. The molecule has 174 valence electrons. The number of hydrogen-bond donors (Lipinski definition) is 2. The van der Waals surface area contributed by atoms with Gasteiger partial charge in [-0.05, 0) is 34.6 Å². The van der Waals surface area contributed by atoms with E-state index in [-0.39, 0.29) is 23.1 Å². The number of thiol groups is 1. The van der Waals surface area contributed by atoms with E-state index in [1.165, 1.54) is 18.7 Å². The molecule has 0 unspecified atom stereocenters. The third kappa shape index (κ3) is 4.93. The lowest BCUT2D eigenvalue weighted by Gasteiger charge is -2.10. The predicted octanol–water partition coefficient (Wildman–Crippen LogP) is 3.07. The van der Waals surface area contributed by atoms with Gasteiger partial charge < -0.3 is 5.32 Å². The number of benzene rings is 1.